The zero-order valence-electron chi connectivity index (χ0n) is 18.3. The van der Waals surface area contributed by atoms with Crippen molar-refractivity contribution < 1.29 is 19.4 Å². The monoisotopic (exact) mass is 430 g/mol. The number of hydrogen-bond acceptors (Lipinski definition) is 4. The Morgan fingerprint density at radius 3 is 2.84 bits per heavy atom. The number of nitrogens with one attached hydrogen (secondary N) is 1. The number of aromatic amines is 1. The number of benzene rings is 2. The van der Waals surface area contributed by atoms with Crippen molar-refractivity contribution in [2.75, 3.05) is 13.2 Å². The van der Waals surface area contributed by atoms with Crippen LogP contribution in [0.4, 0.5) is 0 Å². The smallest absolute Gasteiger partial charge is 0.295 e. The Kier molecular flexibility index (Phi) is 5.00. The third kappa shape index (κ3) is 3.09. The third-order valence-electron chi connectivity index (χ3n) is 6.40. The molecule has 3 heterocycles. The molecule has 1 amide bonds. The second-order valence-electron chi connectivity index (χ2n) is 8.48. The molecule has 1 saturated heterocycles. The van der Waals surface area contributed by atoms with E-state index in [9.17, 15) is 14.7 Å². The van der Waals surface area contributed by atoms with E-state index in [0.29, 0.717) is 25.1 Å². The number of ketones is 1. The van der Waals surface area contributed by atoms with Crippen molar-refractivity contribution in [1.29, 1.82) is 0 Å². The molecule has 1 fully saturated rings. The van der Waals surface area contributed by atoms with E-state index >= 15 is 0 Å². The summed E-state index contributed by atoms with van der Waals surface area (Å²) < 4.78 is 5.68. The number of fused-ring (bicyclic) bond motifs is 2. The van der Waals surface area contributed by atoms with Gasteiger partial charge in [-0.25, -0.2) is 0 Å². The molecule has 6 nitrogen and oxygen atoms in total. The van der Waals surface area contributed by atoms with Crippen LogP contribution in [0.25, 0.3) is 16.7 Å². The fourth-order valence-electron chi connectivity index (χ4n) is 4.97. The highest BCUT2D eigenvalue weighted by Gasteiger charge is 2.47. The lowest BCUT2D eigenvalue weighted by Crippen LogP contribution is -2.30. The van der Waals surface area contributed by atoms with Crippen LogP contribution in [-0.2, 0) is 16.0 Å². The van der Waals surface area contributed by atoms with Crippen molar-refractivity contribution >= 4 is 28.4 Å². The number of aliphatic hydroxyl groups excluding tert-OH is 1. The molecule has 2 aromatic carbocycles. The van der Waals surface area contributed by atoms with Crippen LogP contribution in [0.2, 0.25) is 0 Å². The number of para-hydroxylation sites is 1. The summed E-state index contributed by atoms with van der Waals surface area (Å²) in [7, 11) is 0. The van der Waals surface area contributed by atoms with Crippen molar-refractivity contribution in [1.82, 2.24) is 9.88 Å². The number of amides is 1. The Morgan fingerprint density at radius 2 is 2.03 bits per heavy atom. The number of aromatic nitrogens is 1. The summed E-state index contributed by atoms with van der Waals surface area (Å²) in [6.45, 7) is 5.03. The molecule has 5 rings (SSSR count). The van der Waals surface area contributed by atoms with Gasteiger partial charge in [0, 0.05) is 34.3 Å². The maximum Gasteiger partial charge on any atom is 0.295 e. The standard InChI is InChI=1S/C26H26N2O4/c1-3-12-28-23(21-15(2)27-19-9-5-4-8-18(19)21)22(25(30)26(28)31)24(29)17-10-11-20-16(14-17)7-6-13-32-20/h4-5,8-11,14,23,27,29H,3,6-7,12-13H2,1-2H3/b24-22+. The van der Waals surface area contributed by atoms with Crippen LogP contribution in [0.1, 0.15) is 48.2 Å². The molecule has 1 unspecified atom stereocenters. The first-order chi connectivity index (χ1) is 15.5. The number of nitrogens with zero attached hydrogens (tertiary/aromatic N) is 1. The van der Waals surface area contributed by atoms with E-state index < -0.39 is 17.7 Å². The molecule has 164 valence electrons. The van der Waals surface area contributed by atoms with E-state index in [2.05, 4.69) is 4.98 Å². The van der Waals surface area contributed by atoms with Gasteiger partial charge < -0.3 is 19.7 Å². The fourth-order valence-corrected chi connectivity index (χ4v) is 4.97. The number of rotatable bonds is 4. The van der Waals surface area contributed by atoms with E-state index in [1.807, 2.05) is 50.2 Å². The van der Waals surface area contributed by atoms with Gasteiger partial charge in [0.2, 0.25) is 0 Å². The van der Waals surface area contributed by atoms with Gasteiger partial charge in [-0.05, 0) is 56.0 Å². The van der Waals surface area contributed by atoms with Crippen LogP contribution in [-0.4, -0.2) is 39.8 Å². The molecule has 1 aromatic heterocycles. The Balaban J connectivity index is 1.72. The van der Waals surface area contributed by atoms with Gasteiger partial charge in [0.1, 0.15) is 11.5 Å². The summed E-state index contributed by atoms with van der Waals surface area (Å²) in [6.07, 6.45) is 2.47. The van der Waals surface area contributed by atoms with E-state index in [0.717, 1.165) is 46.3 Å². The Morgan fingerprint density at radius 1 is 1.22 bits per heavy atom. The van der Waals surface area contributed by atoms with Gasteiger partial charge in [-0.1, -0.05) is 25.1 Å². The van der Waals surface area contributed by atoms with Gasteiger partial charge in [-0.15, -0.1) is 0 Å². The van der Waals surface area contributed by atoms with E-state index in [1.165, 1.54) is 0 Å². The van der Waals surface area contributed by atoms with Gasteiger partial charge in [0.25, 0.3) is 11.7 Å². The lowest BCUT2D eigenvalue weighted by Gasteiger charge is -2.25. The van der Waals surface area contributed by atoms with Gasteiger partial charge in [0.15, 0.2) is 0 Å². The molecule has 2 aliphatic rings. The second-order valence-corrected chi connectivity index (χ2v) is 8.48. The SMILES string of the molecule is CCCN1C(=O)C(=O)/C(=C(/O)c2ccc3c(c2)CCCO3)C1c1c(C)[nH]c2ccccc12. The molecule has 2 aliphatic heterocycles. The van der Waals surface area contributed by atoms with E-state index in [4.69, 9.17) is 4.74 Å². The first-order valence-corrected chi connectivity index (χ1v) is 11.1. The first kappa shape index (κ1) is 20.4. The predicted molar refractivity (Wildman–Crippen MR) is 123 cm³/mol. The van der Waals surface area contributed by atoms with Crippen molar-refractivity contribution in [2.45, 2.75) is 39.2 Å². The van der Waals surface area contributed by atoms with Crippen molar-refractivity contribution in [3.63, 3.8) is 0 Å². The molecule has 0 spiro atoms. The summed E-state index contributed by atoms with van der Waals surface area (Å²) in [6, 6.07) is 12.7. The highest BCUT2D eigenvalue weighted by Crippen LogP contribution is 2.43. The maximum absolute atomic E-state index is 13.2. The number of carbonyl (C=O) groups is 2. The lowest BCUT2D eigenvalue weighted by molar-refractivity contribution is -0.139. The minimum Gasteiger partial charge on any atom is -0.507 e. The summed E-state index contributed by atoms with van der Waals surface area (Å²) >= 11 is 0. The zero-order chi connectivity index (χ0) is 22.4. The van der Waals surface area contributed by atoms with Crippen LogP contribution < -0.4 is 4.74 Å². The summed E-state index contributed by atoms with van der Waals surface area (Å²) in [5.74, 6) is -0.530. The number of H-pyrrole nitrogens is 1. The molecule has 0 bridgehead atoms. The Bertz CT molecular complexity index is 1270. The summed E-state index contributed by atoms with van der Waals surface area (Å²) in [5.41, 5.74) is 4.36. The number of aliphatic hydroxyl groups is 1. The highest BCUT2D eigenvalue weighted by atomic mass is 16.5. The van der Waals surface area contributed by atoms with Crippen molar-refractivity contribution in [3.05, 3.63) is 70.4 Å². The van der Waals surface area contributed by atoms with Crippen LogP contribution in [0.15, 0.2) is 48.0 Å². The number of Topliss-reactive ketones (excluding diaryl/α,β-unsaturated/α-hetero) is 1. The Hall–Kier alpha value is -3.54. The van der Waals surface area contributed by atoms with Crippen LogP contribution in [0, 0.1) is 6.92 Å². The number of ether oxygens (including phenoxy) is 1. The average Bonchev–Trinajstić information content (AvgIpc) is 3.26. The molecule has 1 atom stereocenters. The molecule has 2 N–H and O–H groups in total. The molecule has 0 aliphatic carbocycles. The largest absolute Gasteiger partial charge is 0.507 e. The molecule has 3 aromatic rings. The fraction of sp³-hybridized carbons (Fsp3) is 0.308. The van der Waals surface area contributed by atoms with Gasteiger partial charge in [-0.2, -0.15) is 0 Å². The maximum atomic E-state index is 13.2. The van der Waals surface area contributed by atoms with E-state index in [-0.39, 0.29) is 11.3 Å². The van der Waals surface area contributed by atoms with Crippen molar-refractivity contribution in [3.8, 4) is 5.75 Å². The number of likely N-dealkylation sites (tertiary alicyclic amines) is 1. The van der Waals surface area contributed by atoms with Gasteiger partial charge in [-0.3, -0.25) is 9.59 Å². The quantitative estimate of drug-likeness (QED) is 0.359. The summed E-state index contributed by atoms with van der Waals surface area (Å²) in [5, 5.41) is 12.3. The number of carbonyl (C=O) groups excluding carboxylic acids is 2. The normalized spacial score (nSPS) is 19.9. The molecule has 0 radical (unpaired) electrons. The van der Waals surface area contributed by atoms with Crippen LogP contribution in [0.3, 0.4) is 0 Å². The first-order valence-electron chi connectivity index (χ1n) is 11.1. The van der Waals surface area contributed by atoms with E-state index in [1.54, 1.807) is 11.0 Å². The minimum atomic E-state index is -0.640. The van der Waals surface area contributed by atoms with Gasteiger partial charge >= 0.3 is 0 Å². The number of hydrogen-bond donors (Lipinski definition) is 2. The zero-order valence-corrected chi connectivity index (χ0v) is 18.3. The van der Waals surface area contributed by atoms with Crippen LogP contribution >= 0.6 is 0 Å². The highest BCUT2D eigenvalue weighted by molar-refractivity contribution is 6.46. The number of aryl methyl sites for hydroxylation is 2. The average molecular weight is 431 g/mol. The molecule has 0 saturated carbocycles. The lowest BCUT2D eigenvalue weighted by atomic mass is 9.92. The minimum absolute atomic E-state index is 0.134. The van der Waals surface area contributed by atoms with Gasteiger partial charge in [0.05, 0.1) is 18.2 Å². The Labute approximate surface area is 186 Å². The topological polar surface area (TPSA) is 82.6 Å². The molecular formula is C26H26N2O4. The molecule has 6 heteroatoms. The molecule has 32 heavy (non-hydrogen) atoms. The second kappa shape index (κ2) is 7.86. The predicted octanol–water partition coefficient (Wildman–Crippen LogP) is 4.63. The third-order valence-corrected chi connectivity index (χ3v) is 6.40. The summed E-state index contributed by atoms with van der Waals surface area (Å²) in [4.78, 5) is 31.2. The molecular weight excluding hydrogens is 404 g/mol. The van der Waals surface area contributed by atoms with Crippen LogP contribution in [0.5, 0.6) is 5.75 Å². The van der Waals surface area contributed by atoms with Crippen molar-refractivity contribution in [2.24, 2.45) is 0 Å².